The number of nitrogens with zero attached hydrogens (tertiary/aromatic N) is 4. The highest BCUT2D eigenvalue weighted by molar-refractivity contribution is 7.99. The highest BCUT2D eigenvalue weighted by Gasteiger charge is 2.24. The number of hydrogen-bond donors (Lipinski definition) is 1. The maximum absolute atomic E-state index is 10.0. The van der Waals surface area contributed by atoms with Gasteiger partial charge in [-0.05, 0) is 43.9 Å². The molecule has 4 rings (SSSR count). The molecule has 1 aromatic carbocycles. The number of aliphatic hydroxyl groups is 1. The first-order chi connectivity index (χ1) is 13.8. The minimum absolute atomic E-state index is 0.111. The van der Waals surface area contributed by atoms with Gasteiger partial charge >= 0.3 is 0 Å². The molecule has 0 aliphatic carbocycles. The van der Waals surface area contributed by atoms with Crippen molar-refractivity contribution in [2.45, 2.75) is 36.8 Å². The van der Waals surface area contributed by atoms with Crippen molar-refractivity contribution >= 4 is 22.7 Å². The van der Waals surface area contributed by atoms with Crippen LogP contribution in [0.15, 0.2) is 41.6 Å². The van der Waals surface area contributed by atoms with Gasteiger partial charge in [0, 0.05) is 47.2 Å². The van der Waals surface area contributed by atoms with Gasteiger partial charge in [-0.1, -0.05) is 6.07 Å². The minimum Gasteiger partial charge on any atom is -0.396 e. The lowest BCUT2D eigenvalue weighted by Gasteiger charge is -2.25. The Morgan fingerprint density at radius 3 is 3.04 bits per heavy atom. The van der Waals surface area contributed by atoms with Crippen LogP contribution in [0.25, 0.3) is 22.2 Å². The molecule has 6 nitrogen and oxygen atoms in total. The predicted molar refractivity (Wildman–Crippen MR) is 109 cm³/mol. The highest BCUT2D eigenvalue weighted by atomic mass is 32.2. The number of hydrogen-bond acceptors (Lipinski definition) is 6. The second kappa shape index (κ2) is 8.74. The van der Waals surface area contributed by atoms with Crippen LogP contribution < -0.4 is 0 Å². The fraction of sp³-hybridized carbons (Fsp3) is 0.381. The minimum atomic E-state index is -0.111. The number of ether oxygens (including phenoxy) is 1. The van der Waals surface area contributed by atoms with Crippen LogP contribution in [0.1, 0.15) is 37.5 Å². The first-order valence-corrected chi connectivity index (χ1v) is 10.5. The fourth-order valence-corrected chi connectivity index (χ4v) is 4.63. The van der Waals surface area contributed by atoms with Crippen LogP contribution in [0.4, 0.5) is 0 Å². The van der Waals surface area contributed by atoms with Crippen molar-refractivity contribution in [1.82, 2.24) is 14.8 Å². The molecule has 1 aliphatic heterocycles. The van der Waals surface area contributed by atoms with Crippen molar-refractivity contribution < 1.29 is 9.84 Å². The summed E-state index contributed by atoms with van der Waals surface area (Å²) in [5.41, 5.74) is 2.98. The van der Waals surface area contributed by atoms with Gasteiger partial charge in [0.15, 0.2) is 6.23 Å². The molecule has 144 valence electrons. The Kier molecular flexibility index (Phi) is 5.91. The van der Waals surface area contributed by atoms with Crippen molar-refractivity contribution in [2.24, 2.45) is 0 Å². The van der Waals surface area contributed by atoms with Crippen LogP contribution in [-0.4, -0.2) is 38.8 Å². The lowest BCUT2D eigenvalue weighted by Crippen LogP contribution is -2.20. The first-order valence-electron chi connectivity index (χ1n) is 9.54. The third-order valence-corrected chi connectivity index (χ3v) is 6.01. The Balaban J connectivity index is 1.89. The molecular formula is C21H22N4O2S. The number of aromatic nitrogens is 3. The van der Waals surface area contributed by atoms with Gasteiger partial charge in [0.05, 0.1) is 16.8 Å². The van der Waals surface area contributed by atoms with E-state index >= 15 is 0 Å². The van der Waals surface area contributed by atoms with E-state index in [1.165, 1.54) is 0 Å². The monoisotopic (exact) mass is 394 g/mol. The summed E-state index contributed by atoms with van der Waals surface area (Å²) in [5, 5.41) is 24.7. The summed E-state index contributed by atoms with van der Waals surface area (Å²) in [5.74, 6) is 0.772. The predicted octanol–water partition coefficient (Wildman–Crippen LogP) is 4.14. The molecule has 1 unspecified atom stereocenters. The molecule has 28 heavy (non-hydrogen) atoms. The maximum Gasteiger partial charge on any atom is 0.150 e. The van der Waals surface area contributed by atoms with Crippen LogP contribution in [0.3, 0.4) is 0 Å². The molecule has 0 bridgehead atoms. The van der Waals surface area contributed by atoms with Crippen LogP contribution in [0.2, 0.25) is 0 Å². The van der Waals surface area contributed by atoms with Gasteiger partial charge in [-0.2, -0.15) is 10.4 Å². The van der Waals surface area contributed by atoms with Gasteiger partial charge in [0.2, 0.25) is 0 Å². The number of thioether (sulfide) groups is 1. The summed E-state index contributed by atoms with van der Waals surface area (Å²) in [6.07, 6.45) is 7.15. The van der Waals surface area contributed by atoms with Crippen LogP contribution in [0, 0.1) is 11.3 Å². The molecule has 0 amide bonds. The van der Waals surface area contributed by atoms with E-state index in [0.717, 1.165) is 53.2 Å². The summed E-state index contributed by atoms with van der Waals surface area (Å²) in [6, 6.07) is 10.3. The van der Waals surface area contributed by atoms with E-state index < -0.39 is 0 Å². The van der Waals surface area contributed by atoms with E-state index in [1.54, 1.807) is 24.2 Å². The molecule has 0 saturated carbocycles. The molecule has 1 atom stereocenters. The van der Waals surface area contributed by atoms with E-state index in [9.17, 15) is 10.4 Å². The Labute approximate surface area is 168 Å². The summed E-state index contributed by atoms with van der Waals surface area (Å²) in [4.78, 5) is 5.47. The molecule has 1 aliphatic rings. The largest absolute Gasteiger partial charge is 0.396 e. The van der Waals surface area contributed by atoms with E-state index in [1.807, 2.05) is 22.9 Å². The summed E-state index contributed by atoms with van der Waals surface area (Å²) < 4.78 is 7.85. The normalized spacial score (nSPS) is 16.9. The molecular weight excluding hydrogens is 372 g/mol. The standard InChI is InChI=1S/C21H22N4O2S/c22-14-16-20(17-7-9-24-25(17)19-6-1-2-11-27-19)18(28-12-4-10-26)13-15-5-3-8-23-21(15)16/h3,5,7-9,13,19,26H,1-2,4,6,10-12H2. The van der Waals surface area contributed by atoms with Gasteiger partial charge in [0.1, 0.15) is 6.07 Å². The zero-order valence-electron chi connectivity index (χ0n) is 15.5. The Morgan fingerprint density at radius 1 is 1.32 bits per heavy atom. The molecule has 0 spiro atoms. The SMILES string of the molecule is N#Cc1c(-c2ccnn2C2CCCCO2)c(SCCCO)cc2cccnc12. The fourth-order valence-electron chi connectivity index (χ4n) is 3.58. The quantitative estimate of drug-likeness (QED) is 0.500. The summed E-state index contributed by atoms with van der Waals surface area (Å²) >= 11 is 1.65. The van der Waals surface area contributed by atoms with Gasteiger partial charge in [-0.15, -0.1) is 11.8 Å². The summed E-state index contributed by atoms with van der Waals surface area (Å²) in [7, 11) is 0. The molecule has 1 fully saturated rings. The molecule has 1 saturated heterocycles. The van der Waals surface area contributed by atoms with E-state index in [0.29, 0.717) is 17.5 Å². The molecule has 0 radical (unpaired) electrons. The van der Waals surface area contributed by atoms with Gasteiger partial charge in [-0.25, -0.2) is 4.68 Å². The Bertz CT molecular complexity index is 1010. The van der Waals surface area contributed by atoms with Crippen LogP contribution in [-0.2, 0) is 4.74 Å². The lowest BCUT2D eigenvalue weighted by atomic mass is 10.0. The molecule has 2 aromatic heterocycles. The number of aliphatic hydroxyl groups excluding tert-OH is 1. The van der Waals surface area contributed by atoms with E-state index in [-0.39, 0.29) is 12.8 Å². The van der Waals surface area contributed by atoms with Crippen molar-refractivity contribution in [3.05, 3.63) is 42.2 Å². The Morgan fingerprint density at radius 2 is 2.25 bits per heavy atom. The molecule has 3 aromatic rings. The lowest BCUT2D eigenvalue weighted by molar-refractivity contribution is -0.0383. The van der Waals surface area contributed by atoms with Gasteiger partial charge in [0.25, 0.3) is 0 Å². The highest BCUT2D eigenvalue weighted by Crippen LogP contribution is 2.40. The second-order valence-corrected chi connectivity index (χ2v) is 7.86. The topological polar surface area (TPSA) is 84.0 Å². The van der Waals surface area contributed by atoms with Crippen molar-refractivity contribution in [2.75, 3.05) is 19.0 Å². The number of benzene rings is 1. The molecule has 3 heterocycles. The van der Waals surface area contributed by atoms with Gasteiger partial charge in [-0.3, -0.25) is 4.98 Å². The van der Waals surface area contributed by atoms with Gasteiger partial charge < -0.3 is 9.84 Å². The zero-order chi connectivity index (χ0) is 19.3. The van der Waals surface area contributed by atoms with Crippen molar-refractivity contribution in [3.8, 4) is 17.3 Å². The first kappa shape index (κ1) is 18.9. The summed E-state index contributed by atoms with van der Waals surface area (Å²) in [6.45, 7) is 0.878. The smallest absolute Gasteiger partial charge is 0.150 e. The molecule has 1 N–H and O–H groups in total. The number of nitriles is 1. The molecule has 7 heteroatoms. The number of rotatable bonds is 6. The van der Waals surface area contributed by atoms with Crippen LogP contribution in [0.5, 0.6) is 0 Å². The third-order valence-electron chi connectivity index (χ3n) is 4.89. The van der Waals surface area contributed by atoms with Crippen molar-refractivity contribution in [3.63, 3.8) is 0 Å². The van der Waals surface area contributed by atoms with Crippen molar-refractivity contribution in [1.29, 1.82) is 5.26 Å². The average molecular weight is 395 g/mol. The second-order valence-electron chi connectivity index (χ2n) is 6.72. The third kappa shape index (κ3) is 3.63. The average Bonchev–Trinajstić information content (AvgIpc) is 3.23. The van der Waals surface area contributed by atoms with E-state index in [2.05, 4.69) is 22.2 Å². The Hall–Kier alpha value is -2.40. The zero-order valence-corrected chi connectivity index (χ0v) is 16.4. The van der Waals surface area contributed by atoms with E-state index in [4.69, 9.17) is 4.74 Å². The maximum atomic E-state index is 10.0. The van der Waals surface area contributed by atoms with Crippen LogP contribution >= 0.6 is 11.8 Å². The number of pyridine rings is 1. The number of fused-ring (bicyclic) bond motifs is 1.